The molecule has 3 amide bonds. The molecule has 1 aliphatic carbocycles. The zero-order chi connectivity index (χ0) is 21.5. The lowest BCUT2D eigenvalue weighted by atomic mass is 10.0. The first kappa shape index (κ1) is 19.7. The molecule has 3 N–H and O–H groups in total. The van der Waals surface area contributed by atoms with Gasteiger partial charge >= 0.3 is 12.1 Å². The fourth-order valence-electron chi connectivity index (χ4n) is 4.50. The summed E-state index contributed by atoms with van der Waals surface area (Å²) >= 11 is 0. The number of carbonyl (C=O) groups excluding carboxylic acids is 2. The number of nitrogens with one attached hydrogen (secondary N) is 1. The molecule has 7 nitrogen and oxygen atoms in total. The number of ether oxygens (including phenoxy) is 1. The number of likely N-dealkylation sites (tertiary alicyclic amines) is 2. The van der Waals surface area contributed by atoms with Gasteiger partial charge in [0, 0.05) is 38.0 Å². The lowest BCUT2D eigenvalue weighted by molar-refractivity contribution is 0.100. The van der Waals surface area contributed by atoms with Gasteiger partial charge in [-0.3, -0.25) is 0 Å². The minimum Gasteiger partial charge on any atom is -0.446 e. The first-order valence-corrected chi connectivity index (χ1v) is 10.9. The molecule has 0 spiro atoms. The number of rotatable bonds is 3. The second-order valence-corrected chi connectivity index (χ2v) is 9.01. The van der Waals surface area contributed by atoms with Crippen molar-refractivity contribution < 1.29 is 14.3 Å². The Bertz CT molecular complexity index is 988. The molecule has 2 saturated heterocycles. The van der Waals surface area contributed by atoms with E-state index >= 15 is 0 Å². The summed E-state index contributed by atoms with van der Waals surface area (Å²) in [4.78, 5) is 28.7. The van der Waals surface area contributed by atoms with Gasteiger partial charge in [-0.05, 0) is 43.0 Å². The standard InChI is InChI=1S/C24H28N4O3/c1-15-2-4-16(5-3-15)17-6-9-21(25)22(10-17)26-23(29)27-11-18-13-28(14-19(18)12-27)24(30)31-20-7-8-20/h2-6,9-10,18-20H,7-8,11-14,25H2,1H3,(H,26,29). The van der Waals surface area contributed by atoms with Crippen LogP contribution in [0.2, 0.25) is 0 Å². The van der Waals surface area contributed by atoms with Gasteiger partial charge in [-0.2, -0.15) is 0 Å². The topological polar surface area (TPSA) is 87.9 Å². The van der Waals surface area contributed by atoms with Gasteiger partial charge in [0.2, 0.25) is 0 Å². The molecule has 3 fully saturated rings. The van der Waals surface area contributed by atoms with E-state index in [1.807, 2.05) is 23.1 Å². The number of aryl methyl sites for hydroxylation is 1. The second-order valence-electron chi connectivity index (χ2n) is 9.01. The van der Waals surface area contributed by atoms with E-state index < -0.39 is 0 Å². The number of benzene rings is 2. The first-order chi connectivity index (χ1) is 15.0. The van der Waals surface area contributed by atoms with E-state index in [9.17, 15) is 9.59 Å². The van der Waals surface area contributed by atoms with Crippen LogP contribution in [0.15, 0.2) is 42.5 Å². The highest BCUT2D eigenvalue weighted by Crippen LogP contribution is 2.34. The average molecular weight is 421 g/mol. The molecule has 31 heavy (non-hydrogen) atoms. The van der Waals surface area contributed by atoms with Crippen LogP contribution in [-0.4, -0.2) is 54.2 Å². The summed E-state index contributed by atoms with van der Waals surface area (Å²) in [5.41, 5.74) is 10.6. The Morgan fingerprint density at radius 1 is 0.935 bits per heavy atom. The molecule has 162 valence electrons. The van der Waals surface area contributed by atoms with Gasteiger partial charge in [0.15, 0.2) is 0 Å². The quantitative estimate of drug-likeness (QED) is 0.737. The molecule has 0 aromatic heterocycles. The molecule has 2 aromatic carbocycles. The Kier molecular flexibility index (Phi) is 4.96. The highest BCUT2D eigenvalue weighted by atomic mass is 16.6. The smallest absolute Gasteiger partial charge is 0.410 e. The molecule has 7 heteroatoms. The fraction of sp³-hybridized carbons (Fsp3) is 0.417. The van der Waals surface area contributed by atoms with Crippen LogP contribution in [-0.2, 0) is 4.74 Å². The minimum atomic E-state index is -0.200. The number of hydrogen-bond donors (Lipinski definition) is 2. The van der Waals surface area contributed by atoms with Gasteiger partial charge in [-0.25, -0.2) is 9.59 Å². The number of urea groups is 1. The average Bonchev–Trinajstić information content (AvgIpc) is 3.32. The zero-order valence-corrected chi connectivity index (χ0v) is 17.7. The number of nitrogens with two attached hydrogens (primary N) is 1. The first-order valence-electron chi connectivity index (χ1n) is 10.9. The molecular formula is C24H28N4O3. The van der Waals surface area contributed by atoms with Crippen LogP contribution < -0.4 is 11.1 Å². The van der Waals surface area contributed by atoms with Crippen LogP contribution in [0.1, 0.15) is 18.4 Å². The molecule has 0 bridgehead atoms. The maximum atomic E-state index is 12.9. The van der Waals surface area contributed by atoms with E-state index in [0.717, 1.165) is 24.0 Å². The number of fused-ring (bicyclic) bond motifs is 1. The van der Waals surface area contributed by atoms with Gasteiger partial charge in [0.1, 0.15) is 6.10 Å². The second kappa shape index (κ2) is 7.80. The van der Waals surface area contributed by atoms with Crippen LogP contribution >= 0.6 is 0 Å². The Hall–Kier alpha value is -3.22. The van der Waals surface area contributed by atoms with Crippen LogP contribution in [0.3, 0.4) is 0 Å². The summed E-state index contributed by atoms with van der Waals surface area (Å²) in [6.07, 6.45) is 1.88. The van der Waals surface area contributed by atoms with E-state index in [0.29, 0.717) is 49.4 Å². The largest absolute Gasteiger partial charge is 0.446 e. The zero-order valence-electron chi connectivity index (χ0n) is 17.7. The Labute approximate surface area is 182 Å². The van der Waals surface area contributed by atoms with E-state index in [1.54, 1.807) is 4.90 Å². The molecule has 0 radical (unpaired) electrons. The van der Waals surface area contributed by atoms with Crippen molar-refractivity contribution in [1.29, 1.82) is 0 Å². The van der Waals surface area contributed by atoms with Gasteiger partial charge in [-0.1, -0.05) is 35.9 Å². The highest BCUT2D eigenvalue weighted by molar-refractivity contribution is 5.94. The maximum absolute atomic E-state index is 12.9. The van der Waals surface area contributed by atoms with Gasteiger partial charge in [-0.15, -0.1) is 0 Å². The summed E-state index contributed by atoms with van der Waals surface area (Å²) in [6.45, 7) is 4.65. The third-order valence-electron chi connectivity index (χ3n) is 6.50. The fourth-order valence-corrected chi connectivity index (χ4v) is 4.50. The third kappa shape index (κ3) is 4.17. The van der Waals surface area contributed by atoms with Crippen molar-refractivity contribution in [3.63, 3.8) is 0 Å². The summed E-state index contributed by atoms with van der Waals surface area (Å²) < 4.78 is 5.41. The Balaban J connectivity index is 1.21. The van der Waals surface area contributed by atoms with Crippen LogP contribution in [0.4, 0.5) is 21.0 Å². The highest BCUT2D eigenvalue weighted by Gasteiger charge is 2.44. The third-order valence-corrected chi connectivity index (χ3v) is 6.50. The summed E-state index contributed by atoms with van der Waals surface area (Å²) in [6, 6.07) is 13.8. The lowest BCUT2D eigenvalue weighted by Crippen LogP contribution is -2.38. The maximum Gasteiger partial charge on any atom is 0.410 e. The van der Waals surface area contributed by atoms with Crippen molar-refractivity contribution in [3.8, 4) is 11.1 Å². The van der Waals surface area contributed by atoms with Crippen molar-refractivity contribution in [1.82, 2.24) is 9.80 Å². The van der Waals surface area contributed by atoms with Crippen molar-refractivity contribution >= 4 is 23.5 Å². The van der Waals surface area contributed by atoms with Crippen LogP contribution in [0.25, 0.3) is 11.1 Å². The van der Waals surface area contributed by atoms with Crippen LogP contribution in [0.5, 0.6) is 0 Å². The van der Waals surface area contributed by atoms with Crippen molar-refractivity contribution in [2.75, 3.05) is 37.2 Å². The Morgan fingerprint density at radius 3 is 2.19 bits per heavy atom. The van der Waals surface area contributed by atoms with E-state index in [1.165, 1.54) is 5.56 Å². The Morgan fingerprint density at radius 2 is 1.55 bits per heavy atom. The van der Waals surface area contributed by atoms with Gasteiger partial charge in [0.05, 0.1) is 11.4 Å². The normalized spacial score (nSPS) is 22.4. The molecule has 2 heterocycles. The molecule has 3 aliphatic rings. The van der Waals surface area contributed by atoms with Crippen molar-refractivity contribution in [2.45, 2.75) is 25.9 Å². The summed E-state index contributed by atoms with van der Waals surface area (Å²) in [5.74, 6) is 0.600. The lowest BCUT2D eigenvalue weighted by Gasteiger charge is -2.22. The molecule has 2 atom stereocenters. The van der Waals surface area contributed by atoms with E-state index in [-0.39, 0.29) is 18.2 Å². The van der Waals surface area contributed by atoms with Gasteiger partial charge in [0.25, 0.3) is 0 Å². The molecule has 2 aliphatic heterocycles. The summed E-state index contributed by atoms with van der Waals surface area (Å²) in [5, 5.41) is 2.99. The van der Waals surface area contributed by atoms with Crippen molar-refractivity contribution in [3.05, 3.63) is 48.0 Å². The van der Waals surface area contributed by atoms with Gasteiger partial charge < -0.3 is 25.6 Å². The number of carbonyl (C=O) groups is 2. The number of nitrogens with zero attached hydrogens (tertiary/aromatic N) is 2. The number of hydrogen-bond acceptors (Lipinski definition) is 4. The molecule has 2 aromatic rings. The number of amides is 3. The van der Waals surface area contributed by atoms with E-state index in [4.69, 9.17) is 10.5 Å². The number of anilines is 2. The summed E-state index contributed by atoms with van der Waals surface area (Å²) in [7, 11) is 0. The predicted molar refractivity (Wildman–Crippen MR) is 120 cm³/mol. The van der Waals surface area contributed by atoms with Crippen LogP contribution in [0, 0.1) is 18.8 Å². The molecule has 1 saturated carbocycles. The van der Waals surface area contributed by atoms with E-state index in [2.05, 4.69) is 36.5 Å². The number of nitrogen functional groups attached to an aromatic ring is 1. The molecule has 2 unspecified atom stereocenters. The minimum absolute atomic E-state index is 0.122. The molecule has 5 rings (SSSR count). The monoisotopic (exact) mass is 420 g/mol. The molecular weight excluding hydrogens is 392 g/mol. The van der Waals surface area contributed by atoms with Crippen molar-refractivity contribution in [2.24, 2.45) is 11.8 Å². The predicted octanol–water partition coefficient (Wildman–Crippen LogP) is 3.94. The SMILES string of the molecule is Cc1ccc(-c2ccc(N)c(NC(=O)N3CC4CN(C(=O)OC5CC5)CC4C3)c2)cc1.